The molecule has 0 bridgehead atoms. The van der Waals surface area contributed by atoms with Gasteiger partial charge in [0.1, 0.15) is 11.5 Å². The molecule has 0 amide bonds. The molecule has 0 aliphatic carbocycles. The van der Waals surface area contributed by atoms with Crippen molar-refractivity contribution in [3.8, 4) is 11.5 Å². The lowest BCUT2D eigenvalue weighted by Crippen LogP contribution is -2.12. The molecule has 0 aliphatic heterocycles. The van der Waals surface area contributed by atoms with Crippen molar-refractivity contribution in [3.63, 3.8) is 0 Å². The molecule has 106 valence electrons. The molecule has 0 atom stereocenters. The SMILES string of the molecule is Cc1cccc(C)c1Oc1ccc(S(N)(=O)=O)cc1N. The van der Waals surface area contributed by atoms with Crippen molar-refractivity contribution < 1.29 is 13.2 Å². The molecule has 0 aliphatic rings. The highest BCUT2D eigenvalue weighted by Crippen LogP contribution is 2.33. The van der Waals surface area contributed by atoms with Gasteiger partial charge in [-0.3, -0.25) is 0 Å². The number of nitrogens with two attached hydrogens (primary N) is 2. The van der Waals surface area contributed by atoms with E-state index in [1.165, 1.54) is 18.2 Å². The van der Waals surface area contributed by atoms with Crippen LogP contribution in [0.3, 0.4) is 0 Å². The first-order chi connectivity index (χ1) is 9.29. The summed E-state index contributed by atoms with van der Waals surface area (Å²) in [6.45, 7) is 3.86. The summed E-state index contributed by atoms with van der Waals surface area (Å²) in [6.07, 6.45) is 0. The van der Waals surface area contributed by atoms with Gasteiger partial charge in [-0.05, 0) is 43.2 Å². The standard InChI is InChI=1S/C14H16N2O3S/c1-9-4-3-5-10(2)14(9)19-13-7-6-11(8-12(13)15)20(16,17)18/h3-8H,15H2,1-2H3,(H2,16,17,18). The van der Waals surface area contributed by atoms with Crippen molar-refractivity contribution in [2.75, 3.05) is 5.73 Å². The Morgan fingerprint density at radius 2 is 1.65 bits per heavy atom. The summed E-state index contributed by atoms with van der Waals surface area (Å²) in [5, 5.41) is 5.05. The third kappa shape index (κ3) is 2.92. The number of anilines is 1. The predicted molar refractivity (Wildman–Crippen MR) is 78.2 cm³/mol. The molecule has 0 unspecified atom stereocenters. The molecule has 2 rings (SSSR count). The molecule has 20 heavy (non-hydrogen) atoms. The maximum absolute atomic E-state index is 11.2. The molecular weight excluding hydrogens is 276 g/mol. The Balaban J connectivity index is 2.41. The lowest BCUT2D eigenvalue weighted by atomic mass is 10.1. The van der Waals surface area contributed by atoms with E-state index in [1.54, 1.807) is 0 Å². The topological polar surface area (TPSA) is 95.4 Å². The van der Waals surface area contributed by atoms with Crippen LogP contribution in [0.25, 0.3) is 0 Å². The van der Waals surface area contributed by atoms with Crippen molar-refractivity contribution >= 4 is 15.7 Å². The van der Waals surface area contributed by atoms with E-state index >= 15 is 0 Å². The van der Waals surface area contributed by atoms with Crippen LogP contribution in [0.1, 0.15) is 11.1 Å². The average molecular weight is 292 g/mol. The number of aryl methyl sites for hydroxylation is 2. The van der Waals surface area contributed by atoms with E-state index in [2.05, 4.69) is 0 Å². The number of hydrogen-bond donors (Lipinski definition) is 2. The van der Waals surface area contributed by atoms with Gasteiger partial charge in [-0.15, -0.1) is 0 Å². The third-order valence-electron chi connectivity index (χ3n) is 2.93. The number of nitrogen functional groups attached to an aromatic ring is 1. The van der Waals surface area contributed by atoms with Gasteiger partial charge in [0.2, 0.25) is 10.0 Å². The van der Waals surface area contributed by atoms with E-state index in [4.69, 9.17) is 15.6 Å². The monoisotopic (exact) mass is 292 g/mol. The van der Waals surface area contributed by atoms with Crippen molar-refractivity contribution in [3.05, 3.63) is 47.5 Å². The highest BCUT2D eigenvalue weighted by molar-refractivity contribution is 7.89. The zero-order valence-corrected chi connectivity index (χ0v) is 12.1. The van der Waals surface area contributed by atoms with Crippen molar-refractivity contribution in [2.45, 2.75) is 18.7 Å². The lowest BCUT2D eigenvalue weighted by Gasteiger charge is -2.13. The number of para-hydroxylation sites is 1. The maximum Gasteiger partial charge on any atom is 0.238 e. The van der Waals surface area contributed by atoms with E-state index in [0.29, 0.717) is 11.5 Å². The number of ether oxygens (including phenoxy) is 1. The van der Waals surface area contributed by atoms with E-state index < -0.39 is 10.0 Å². The van der Waals surface area contributed by atoms with Gasteiger partial charge < -0.3 is 10.5 Å². The Bertz CT molecular complexity index is 735. The molecule has 0 radical (unpaired) electrons. The first-order valence-electron chi connectivity index (χ1n) is 5.95. The lowest BCUT2D eigenvalue weighted by molar-refractivity contribution is 0.477. The van der Waals surface area contributed by atoms with Gasteiger partial charge in [0.25, 0.3) is 0 Å². The second-order valence-corrected chi connectivity index (χ2v) is 6.13. The molecule has 2 aromatic carbocycles. The molecular formula is C14H16N2O3S. The summed E-state index contributed by atoms with van der Waals surface area (Å²) in [7, 11) is -3.77. The van der Waals surface area contributed by atoms with Gasteiger partial charge in [0, 0.05) is 0 Å². The fraction of sp³-hybridized carbons (Fsp3) is 0.143. The molecule has 6 heteroatoms. The average Bonchev–Trinajstić information content (AvgIpc) is 2.34. The Labute approximate surface area is 118 Å². The summed E-state index contributed by atoms with van der Waals surface area (Å²) in [5.74, 6) is 1.11. The van der Waals surface area contributed by atoms with Crippen LogP contribution in [0.5, 0.6) is 11.5 Å². The second-order valence-electron chi connectivity index (χ2n) is 4.57. The Morgan fingerprint density at radius 1 is 1.05 bits per heavy atom. The van der Waals surface area contributed by atoms with Crippen LogP contribution in [0, 0.1) is 13.8 Å². The van der Waals surface area contributed by atoms with Crippen molar-refractivity contribution in [1.82, 2.24) is 0 Å². The zero-order chi connectivity index (χ0) is 14.9. The van der Waals surface area contributed by atoms with E-state index in [0.717, 1.165) is 11.1 Å². The summed E-state index contributed by atoms with van der Waals surface area (Å²) in [5.41, 5.74) is 7.99. The highest BCUT2D eigenvalue weighted by Gasteiger charge is 2.12. The quantitative estimate of drug-likeness (QED) is 0.849. The number of benzene rings is 2. The summed E-state index contributed by atoms with van der Waals surface area (Å²) in [4.78, 5) is -0.0381. The number of sulfonamides is 1. The van der Waals surface area contributed by atoms with Gasteiger partial charge in [-0.2, -0.15) is 0 Å². The highest BCUT2D eigenvalue weighted by atomic mass is 32.2. The minimum Gasteiger partial charge on any atom is -0.455 e. The first-order valence-corrected chi connectivity index (χ1v) is 7.50. The van der Waals surface area contributed by atoms with Crippen LogP contribution in [0.2, 0.25) is 0 Å². The molecule has 0 fully saturated rings. The number of primary sulfonamides is 1. The Kier molecular flexibility index (Phi) is 3.69. The Hall–Kier alpha value is -2.05. The van der Waals surface area contributed by atoms with Gasteiger partial charge in [0.05, 0.1) is 10.6 Å². The fourth-order valence-electron chi connectivity index (χ4n) is 1.87. The molecule has 4 N–H and O–H groups in total. The van der Waals surface area contributed by atoms with E-state index in [1.807, 2.05) is 32.0 Å². The molecule has 0 aromatic heterocycles. The molecule has 0 saturated carbocycles. The molecule has 2 aromatic rings. The van der Waals surface area contributed by atoms with E-state index in [-0.39, 0.29) is 10.6 Å². The predicted octanol–water partition coefficient (Wildman–Crippen LogP) is 2.33. The minimum absolute atomic E-state index is 0.0381. The van der Waals surface area contributed by atoms with Crippen LogP contribution in [-0.2, 0) is 10.0 Å². The van der Waals surface area contributed by atoms with Gasteiger partial charge >= 0.3 is 0 Å². The van der Waals surface area contributed by atoms with Crippen LogP contribution in [0.4, 0.5) is 5.69 Å². The van der Waals surface area contributed by atoms with Gasteiger partial charge in [-0.1, -0.05) is 18.2 Å². The summed E-state index contributed by atoms with van der Waals surface area (Å²) in [6, 6.07) is 9.95. The number of hydrogen-bond acceptors (Lipinski definition) is 4. The van der Waals surface area contributed by atoms with Gasteiger partial charge in [0.15, 0.2) is 0 Å². The first kappa shape index (κ1) is 14.4. The van der Waals surface area contributed by atoms with E-state index in [9.17, 15) is 8.42 Å². The van der Waals surface area contributed by atoms with Crippen LogP contribution < -0.4 is 15.6 Å². The van der Waals surface area contributed by atoms with Crippen LogP contribution >= 0.6 is 0 Å². The zero-order valence-electron chi connectivity index (χ0n) is 11.3. The summed E-state index contributed by atoms with van der Waals surface area (Å²) < 4.78 is 28.3. The largest absolute Gasteiger partial charge is 0.455 e. The van der Waals surface area contributed by atoms with Gasteiger partial charge in [-0.25, -0.2) is 13.6 Å². The Morgan fingerprint density at radius 3 is 2.15 bits per heavy atom. The second kappa shape index (κ2) is 5.15. The maximum atomic E-state index is 11.2. The number of rotatable bonds is 3. The van der Waals surface area contributed by atoms with Crippen LogP contribution in [0.15, 0.2) is 41.3 Å². The summed E-state index contributed by atoms with van der Waals surface area (Å²) >= 11 is 0. The molecule has 0 spiro atoms. The molecule has 0 heterocycles. The van der Waals surface area contributed by atoms with Crippen molar-refractivity contribution in [1.29, 1.82) is 0 Å². The van der Waals surface area contributed by atoms with Crippen LogP contribution in [-0.4, -0.2) is 8.42 Å². The minimum atomic E-state index is -3.77. The molecule has 0 saturated heterocycles. The molecule has 5 nitrogen and oxygen atoms in total. The third-order valence-corrected chi connectivity index (χ3v) is 3.84. The normalized spacial score (nSPS) is 11.3. The van der Waals surface area contributed by atoms with Crippen molar-refractivity contribution in [2.24, 2.45) is 5.14 Å². The smallest absolute Gasteiger partial charge is 0.238 e. The fourth-order valence-corrected chi connectivity index (χ4v) is 2.42.